The Morgan fingerprint density at radius 3 is 1.63 bits per heavy atom. The van der Waals surface area contributed by atoms with Gasteiger partial charge in [-0.25, -0.2) is 0 Å². The standard InChI is InChI=1S/C8H18O5S2.C2H4O2/c9-5-7(11)14-3-1-13-2-4-15-8(12)6-10;1-2(3)4/h7-12H,1-6H2;1H3,(H,3,4). The van der Waals surface area contributed by atoms with Crippen LogP contribution in [-0.4, -0.2) is 80.3 Å². The molecule has 0 aliphatic rings. The average Bonchev–Trinajstić information content (AvgIpc) is 2.36. The van der Waals surface area contributed by atoms with E-state index in [0.29, 0.717) is 24.7 Å². The first-order valence-electron chi connectivity index (χ1n) is 5.52. The summed E-state index contributed by atoms with van der Waals surface area (Å²) in [5.41, 5.74) is -1.47. The van der Waals surface area contributed by atoms with Gasteiger partial charge in [0, 0.05) is 18.4 Å². The fraction of sp³-hybridized carbons (Fsp3) is 0.900. The number of aliphatic hydroxyl groups is 4. The Bertz CT molecular complexity index is 188. The van der Waals surface area contributed by atoms with Crippen molar-refractivity contribution in [3.05, 3.63) is 0 Å². The van der Waals surface area contributed by atoms with Gasteiger partial charge in [0.1, 0.15) is 10.9 Å². The third kappa shape index (κ3) is 23.5. The van der Waals surface area contributed by atoms with Gasteiger partial charge in [0.15, 0.2) is 0 Å². The molecule has 19 heavy (non-hydrogen) atoms. The highest BCUT2D eigenvalue weighted by molar-refractivity contribution is 8.00. The van der Waals surface area contributed by atoms with Gasteiger partial charge in [0.05, 0.1) is 26.4 Å². The average molecular weight is 318 g/mol. The van der Waals surface area contributed by atoms with Crippen LogP contribution in [-0.2, 0) is 9.53 Å². The fourth-order valence-electron chi connectivity index (χ4n) is 0.694. The Balaban J connectivity index is 0. The molecule has 7 nitrogen and oxygen atoms in total. The number of carbonyl (C=O) groups is 1. The zero-order valence-electron chi connectivity index (χ0n) is 10.8. The van der Waals surface area contributed by atoms with E-state index in [1.165, 1.54) is 23.5 Å². The van der Waals surface area contributed by atoms with E-state index in [2.05, 4.69) is 0 Å². The first-order chi connectivity index (χ1) is 8.93. The van der Waals surface area contributed by atoms with Crippen LogP contribution in [0.2, 0.25) is 0 Å². The molecule has 0 saturated carbocycles. The second-order valence-electron chi connectivity index (χ2n) is 3.15. The van der Waals surface area contributed by atoms with E-state index in [4.69, 9.17) is 35.1 Å². The molecule has 0 radical (unpaired) electrons. The van der Waals surface area contributed by atoms with E-state index in [1.807, 2.05) is 0 Å². The third-order valence-electron chi connectivity index (χ3n) is 1.39. The molecule has 0 aliphatic heterocycles. The van der Waals surface area contributed by atoms with Crippen LogP contribution in [0.25, 0.3) is 0 Å². The third-order valence-corrected chi connectivity index (χ3v) is 3.26. The molecule has 0 spiro atoms. The van der Waals surface area contributed by atoms with Crippen molar-refractivity contribution in [1.82, 2.24) is 0 Å². The quantitative estimate of drug-likeness (QED) is 0.259. The summed E-state index contributed by atoms with van der Waals surface area (Å²) in [6.45, 7) is 1.58. The molecule has 0 heterocycles. The van der Waals surface area contributed by atoms with Crippen molar-refractivity contribution < 1.29 is 35.1 Å². The summed E-state index contributed by atoms with van der Waals surface area (Å²) in [6.07, 6.45) is 0. The molecule has 2 unspecified atom stereocenters. The lowest BCUT2D eigenvalue weighted by molar-refractivity contribution is -0.134. The number of rotatable bonds is 10. The van der Waals surface area contributed by atoms with Crippen molar-refractivity contribution >= 4 is 29.5 Å². The first-order valence-corrected chi connectivity index (χ1v) is 7.62. The smallest absolute Gasteiger partial charge is 0.300 e. The Labute approximate surface area is 121 Å². The van der Waals surface area contributed by atoms with Crippen molar-refractivity contribution in [1.29, 1.82) is 0 Å². The van der Waals surface area contributed by atoms with Crippen LogP contribution in [0.4, 0.5) is 0 Å². The Morgan fingerprint density at radius 2 is 1.37 bits per heavy atom. The second-order valence-corrected chi connectivity index (χ2v) is 5.72. The highest BCUT2D eigenvalue weighted by Crippen LogP contribution is 2.08. The number of hydrogen-bond donors (Lipinski definition) is 5. The summed E-state index contributed by atoms with van der Waals surface area (Å²) in [4.78, 5) is 9.00. The fourth-order valence-corrected chi connectivity index (χ4v) is 1.88. The molecule has 0 aromatic heterocycles. The van der Waals surface area contributed by atoms with Crippen molar-refractivity contribution in [2.24, 2.45) is 0 Å². The van der Waals surface area contributed by atoms with E-state index >= 15 is 0 Å². The molecule has 116 valence electrons. The van der Waals surface area contributed by atoms with Crippen molar-refractivity contribution in [2.75, 3.05) is 37.9 Å². The van der Waals surface area contributed by atoms with Crippen LogP contribution in [0.1, 0.15) is 6.92 Å². The lowest BCUT2D eigenvalue weighted by atomic mass is 10.8. The zero-order valence-corrected chi connectivity index (χ0v) is 12.4. The highest BCUT2D eigenvalue weighted by Gasteiger charge is 2.02. The van der Waals surface area contributed by atoms with Crippen molar-refractivity contribution in [3.8, 4) is 0 Å². The number of aliphatic carboxylic acids is 1. The number of ether oxygens (including phenoxy) is 1. The summed E-state index contributed by atoms with van der Waals surface area (Å²) in [6, 6.07) is 0. The molecule has 9 heteroatoms. The van der Waals surface area contributed by atoms with E-state index < -0.39 is 16.8 Å². The van der Waals surface area contributed by atoms with Crippen LogP contribution in [0.15, 0.2) is 0 Å². The lowest BCUT2D eigenvalue weighted by Gasteiger charge is -2.08. The SMILES string of the molecule is CC(=O)O.OCC(O)SCCOCCSC(O)CO. The molecular formula is C10H22O7S2. The summed E-state index contributed by atoms with van der Waals surface area (Å²) in [7, 11) is 0. The minimum absolute atomic E-state index is 0.247. The number of thioether (sulfide) groups is 2. The van der Waals surface area contributed by atoms with Gasteiger partial charge in [-0.1, -0.05) is 0 Å². The largest absolute Gasteiger partial charge is 0.481 e. The molecule has 0 saturated heterocycles. The van der Waals surface area contributed by atoms with Crippen LogP contribution < -0.4 is 0 Å². The topological polar surface area (TPSA) is 127 Å². The van der Waals surface area contributed by atoms with Gasteiger partial charge in [0.2, 0.25) is 0 Å². The molecule has 0 aromatic rings. The first kappa shape index (κ1) is 21.3. The van der Waals surface area contributed by atoms with E-state index in [-0.39, 0.29) is 13.2 Å². The van der Waals surface area contributed by atoms with Crippen molar-refractivity contribution in [2.45, 2.75) is 17.8 Å². The van der Waals surface area contributed by atoms with Gasteiger partial charge in [-0.3, -0.25) is 4.79 Å². The van der Waals surface area contributed by atoms with Crippen LogP contribution >= 0.6 is 23.5 Å². The Hall–Kier alpha value is -0.0300. The normalized spacial score (nSPS) is 13.3. The molecule has 0 amide bonds. The number of hydrogen-bond acceptors (Lipinski definition) is 8. The van der Waals surface area contributed by atoms with Gasteiger partial charge < -0.3 is 30.3 Å². The predicted molar refractivity (Wildman–Crippen MR) is 75.2 cm³/mol. The Morgan fingerprint density at radius 1 is 1.05 bits per heavy atom. The van der Waals surface area contributed by atoms with Crippen LogP contribution in [0.5, 0.6) is 0 Å². The molecule has 0 aliphatic carbocycles. The van der Waals surface area contributed by atoms with Gasteiger partial charge in [-0.2, -0.15) is 0 Å². The maximum absolute atomic E-state index is 9.00. The summed E-state index contributed by atoms with van der Waals surface area (Å²) < 4.78 is 5.20. The zero-order chi connectivity index (χ0) is 15.1. The van der Waals surface area contributed by atoms with Crippen LogP contribution in [0, 0.1) is 0 Å². The molecule has 5 N–H and O–H groups in total. The van der Waals surface area contributed by atoms with Gasteiger partial charge in [-0.15, -0.1) is 23.5 Å². The van der Waals surface area contributed by atoms with E-state index in [0.717, 1.165) is 6.92 Å². The van der Waals surface area contributed by atoms with Gasteiger partial charge >= 0.3 is 0 Å². The number of aliphatic hydroxyl groups excluding tert-OH is 4. The minimum Gasteiger partial charge on any atom is -0.481 e. The maximum atomic E-state index is 9.00. The molecular weight excluding hydrogens is 296 g/mol. The molecule has 0 rings (SSSR count). The van der Waals surface area contributed by atoms with Crippen molar-refractivity contribution in [3.63, 3.8) is 0 Å². The summed E-state index contributed by atoms with van der Waals surface area (Å²) in [5.74, 6) is 0.407. The van der Waals surface area contributed by atoms with Gasteiger partial charge in [0.25, 0.3) is 5.97 Å². The monoisotopic (exact) mass is 318 g/mol. The minimum atomic E-state index is -0.833. The number of carboxylic acids is 1. The van der Waals surface area contributed by atoms with E-state index in [9.17, 15) is 0 Å². The second kappa shape index (κ2) is 16.0. The highest BCUT2D eigenvalue weighted by atomic mass is 32.2. The van der Waals surface area contributed by atoms with Crippen LogP contribution in [0.3, 0.4) is 0 Å². The van der Waals surface area contributed by atoms with Gasteiger partial charge in [-0.05, 0) is 0 Å². The summed E-state index contributed by atoms with van der Waals surface area (Å²) >= 11 is 2.46. The van der Waals surface area contributed by atoms with E-state index in [1.54, 1.807) is 0 Å². The summed E-state index contributed by atoms with van der Waals surface area (Å²) in [5, 5.41) is 42.3. The molecule has 2 atom stereocenters. The lowest BCUT2D eigenvalue weighted by Crippen LogP contribution is -2.12. The maximum Gasteiger partial charge on any atom is 0.300 e. The number of carboxylic acid groups (broad SMARTS) is 1. The molecule has 0 aromatic carbocycles. The predicted octanol–water partition coefficient (Wildman–Crippen LogP) is -0.818. The Kier molecular flexibility index (Phi) is 17.9. The molecule has 0 fully saturated rings. The molecule has 0 bridgehead atoms.